The monoisotopic (exact) mass is 353 g/mol. The van der Waals surface area contributed by atoms with Crippen LogP contribution >= 0.6 is 0 Å². The maximum Gasteiger partial charge on any atom is 0.254 e. The summed E-state index contributed by atoms with van der Waals surface area (Å²) in [6.07, 6.45) is 1.15. The normalized spacial score (nSPS) is 21.7. The van der Waals surface area contributed by atoms with Gasteiger partial charge >= 0.3 is 0 Å². The third kappa shape index (κ3) is 3.21. The van der Waals surface area contributed by atoms with Crippen molar-refractivity contribution in [3.63, 3.8) is 0 Å². The summed E-state index contributed by atoms with van der Waals surface area (Å²) in [6.45, 7) is 6.09. The first-order valence-corrected chi connectivity index (χ1v) is 9.03. The van der Waals surface area contributed by atoms with E-state index < -0.39 is 0 Å². The Morgan fingerprint density at radius 3 is 2.50 bits per heavy atom. The van der Waals surface area contributed by atoms with Gasteiger partial charge in [0.25, 0.3) is 5.91 Å². The van der Waals surface area contributed by atoms with Crippen molar-refractivity contribution < 1.29 is 19.4 Å². The van der Waals surface area contributed by atoms with Crippen molar-refractivity contribution in [3.05, 3.63) is 42.0 Å². The zero-order valence-corrected chi connectivity index (χ0v) is 15.1. The molecule has 2 aromatic carbocycles. The average Bonchev–Trinajstić information content (AvgIpc) is 3.07. The molecule has 1 saturated heterocycles. The first kappa shape index (κ1) is 16.8. The zero-order valence-electron chi connectivity index (χ0n) is 15.1. The van der Waals surface area contributed by atoms with E-state index in [1.807, 2.05) is 29.2 Å². The molecule has 2 heterocycles. The number of hydrogen-bond donors (Lipinski definition) is 1. The fourth-order valence-corrected chi connectivity index (χ4v) is 3.99. The molecule has 1 amide bonds. The van der Waals surface area contributed by atoms with Crippen molar-refractivity contribution in [1.29, 1.82) is 0 Å². The number of aromatic hydroxyl groups is 1. The van der Waals surface area contributed by atoms with Gasteiger partial charge in [-0.1, -0.05) is 19.9 Å². The first-order chi connectivity index (χ1) is 12.5. The van der Waals surface area contributed by atoms with Gasteiger partial charge in [-0.15, -0.1) is 0 Å². The van der Waals surface area contributed by atoms with Gasteiger partial charge in [0.05, 0.1) is 0 Å². The Morgan fingerprint density at radius 1 is 1.00 bits per heavy atom. The molecule has 136 valence electrons. The lowest BCUT2D eigenvalue weighted by Crippen LogP contribution is -2.42. The molecule has 4 rings (SSSR count). The van der Waals surface area contributed by atoms with Crippen molar-refractivity contribution in [2.45, 2.75) is 20.3 Å². The molecule has 2 aromatic rings. The van der Waals surface area contributed by atoms with Gasteiger partial charge in [0.2, 0.25) is 6.79 Å². The topological polar surface area (TPSA) is 59.0 Å². The molecule has 1 N–H and O–H groups in total. The molecular formula is C21H23NO4. The van der Waals surface area contributed by atoms with Crippen LogP contribution in [0, 0.1) is 11.8 Å². The van der Waals surface area contributed by atoms with E-state index in [2.05, 4.69) is 13.8 Å². The second kappa shape index (κ2) is 6.56. The molecule has 0 aliphatic carbocycles. The second-order valence-electron chi connectivity index (χ2n) is 7.49. The molecule has 26 heavy (non-hydrogen) atoms. The molecule has 2 aliphatic heterocycles. The number of phenolic OH excluding ortho intramolecular Hbond substituents is 1. The van der Waals surface area contributed by atoms with Crippen LogP contribution in [-0.4, -0.2) is 35.8 Å². The van der Waals surface area contributed by atoms with Crippen molar-refractivity contribution >= 4 is 5.91 Å². The standard InChI is InChI=1S/C21H23NO4/c1-13-5-14(2)11-22(10-13)21(24)17-6-16(7-18(23)8-17)15-3-4-19-20(9-15)26-12-25-19/h3-4,6-9,13-14,23H,5,10-12H2,1-2H3. The molecule has 0 bridgehead atoms. The molecule has 0 aromatic heterocycles. The molecule has 0 spiro atoms. The van der Waals surface area contributed by atoms with Crippen LogP contribution < -0.4 is 9.47 Å². The van der Waals surface area contributed by atoms with E-state index >= 15 is 0 Å². The van der Waals surface area contributed by atoms with Crippen LogP contribution in [0.15, 0.2) is 36.4 Å². The van der Waals surface area contributed by atoms with Gasteiger partial charge < -0.3 is 19.5 Å². The molecule has 0 radical (unpaired) electrons. The highest BCUT2D eigenvalue weighted by Crippen LogP contribution is 2.37. The number of phenols is 1. The lowest BCUT2D eigenvalue weighted by molar-refractivity contribution is 0.0623. The van der Waals surface area contributed by atoms with Gasteiger partial charge in [0.1, 0.15) is 5.75 Å². The number of likely N-dealkylation sites (tertiary alicyclic amines) is 1. The summed E-state index contributed by atoms with van der Waals surface area (Å²) in [5.74, 6) is 2.43. The number of hydrogen-bond acceptors (Lipinski definition) is 4. The van der Waals surface area contributed by atoms with E-state index in [0.29, 0.717) is 28.9 Å². The maximum atomic E-state index is 13.0. The fraction of sp³-hybridized carbons (Fsp3) is 0.381. The van der Waals surface area contributed by atoms with Crippen molar-refractivity contribution in [3.8, 4) is 28.4 Å². The SMILES string of the molecule is CC1CC(C)CN(C(=O)c2cc(O)cc(-c3ccc4c(c3)OCO4)c2)C1. The van der Waals surface area contributed by atoms with E-state index in [9.17, 15) is 9.90 Å². The first-order valence-electron chi connectivity index (χ1n) is 9.03. The number of nitrogens with zero attached hydrogens (tertiary/aromatic N) is 1. The minimum atomic E-state index is -0.0266. The fourth-order valence-electron chi connectivity index (χ4n) is 3.99. The number of amides is 1. The van der Waals surface area contributed by atoms with E-state index in [1.165, 1.54) is 0 Å². The number of carbonyl (C=O) groups is 1. The quantitative estimate of drug-likeness (QED) is 0.889. The van der Waals surface area contributed by atoms with Crippen LogP contribution in [0.25, 0.3) is 11.1 Å². The highest BCUT2D eigenvalue weighted by molar-refractivity contribution is 5.96. The third-order valence-corrected chi connectivity index (χ3v) is 5.03. The predicted octanol–water partition coefficient (Wildman–Crippen LogP) is 3.91. The minimum Gasteiger partial charge on any atom is -0.508 e. The number of ether oxygens (including phenoxy) is 2. The number of benzene rings is 2. The summed E-state index contributed by atoms with van der Waals surface area (Å²) < 4.78 is 10.8. The van der Waals surface area contributed by atoms with Gasteiger partial charge in [-0.05, 0) is 59.7 Å². The highest BCUT2D eigenvalue weighted by Gasteiger charge is 2.26. The molecule has 2 aliphatic rings. The average molecular weight is 353 g/mol. The Balaban J connectivity index is 1.65. The van der Waals surface area contributed by atoms with Gasteiger partial charge in [-0.3, -0.25) is 4.79 Å². The lowest BCUT2D eigenvalue weighted by atomic mass is 9.91. The van der Waals surface area contributed by atoms with Crippen LogP contribution in [0.5, 0.6) is 17.2 Å². The Labute approximate surface area is 153 Å². The van der Waals surface area contributed by atoms with Crippen LogP contribution in [0.1, 0.15) is 30.6 Å². The van der Waals surface area contributed by atoms with Crippen LogP contribution in [0.3, 0.4) is 0 Å². The Bertz CT molecular complexity index is 838. The second-order valence-corrected chi connectivity index (χ2v) is 7.49. The predicted molar refractivity (Wildman–Crippen MR) is 98.5 cm³/mol. The number of rotatable bonds is 2. The smallest absolute Gasteiger partial charge is 0.254 e. The van der Waals surface area contributed by atoms with Crippen molar-refractivity contribution in [1.82, 2.24) is 4.90 Å². The largest absolute Gasteiger partial charge is 0.508 e. The van der Waals surface area contributed by atoms with E-state index in [4.69, 9.17) is 9.47 Å². The molecule has 5 heteroatoms. The summed E-state index contributed by atoms with van der Waals surface area (Å²) in [4.78, 5) is 14.9. The van der Waals surface area contributed by atoms with Gasteiger partial charge in [-0.2, -0.15) is 0 Å². The molecule has 0 saturated carbocycles. The summed E-state index contributed by atoms with van der Waals surface area (Å²) in [6, 6.07) is 10.7. The third-order valence-electron chi connectivity index (χ3n) is 5.03. The Hall–Kier alpha value is -2.69. The summed E-state index contributed by atoms with van der Waals surface area (Å²) in [5.41, 5.74) is 2.17. The van der Waals surface area contributed by atoms with Crippen LogP contribution in [-0.2, 0) is 0 Å². The van der Waals surface area contributed by atoms with Gasteiger partial charge in [0, 0.05) is 18.7 Å². The van der Waals surface area contributed by atoms with E-state index in [0.717, 1.165) is 30.6 Å². The van der Waals surface area contributed by atoms with E-state index in [1.54, 1.807) is 12.1 Å². The highest BCUT2D eigenvalue weighted by atomic mass is 16.7. The Morgan fingerprint density at radius 2 is 1.73 bits per heavy atom. The molecule has 1 fully saturated rings. The lowest BCUT2D eigenvalue weighted by Gasteiger charge is -2.35. The summed E-state index contributed by atoms with van der Waals surface area (Å²) in [5, 5.41) is 10.2. The summed E-state index contributed by atoms with van der Waals surface area (Å²) in [7, 11) is 0. The van der Waals surface area contributed by atoms with Crippen LogP contribution in [0.4, 0.5) is 0 Å². The molecule has 2 unspecified atom stereocenters. The molecular weight excluding hydrogens is 330 g/mol. The zero-order chi connectivity index (χ0) is 18.3. The summed E-state index contributed by atoms with van der Waals surface area (Å²) >= 11 is 0. The number of piperidine rings is 1. The molecule has 5 nitrogen and oxygen atoms in total. The number of carbonyl (C=O) groups excluding carboxylic acids is 1. The van der Waals surface area contributed by atoms with Crippen molar-refractivity contribution in [2.24, 2.45) is 11.8 Å². The minimum absolute atomic E-state index is 0.0266. The van der Waals surface area contributed by atoms with Crippen LogP contribution in [0.2, 0.25) is 0 Å². The maximum absolute atomic E-state index is 13.0. The Kier molecular flexibility index (Phi) is 4.23. The van der Waals surface area contributed by atoms with E-state index in [-0.39, 0.29) is 18.4 Å². The number of fused-ring (bicyclic) bond motifs is 1. The molecule has 2 atom stereocenters. The van der Waals surface area contributed by atoms with Crippen molar-refractivity contribution in [2.75, 3.05) is 19.9 Å². The van der Waals surface area contributed by atoms with Gasteiger partial charge in [-0.25, -0.2) is 0 Å². The van der Waals surface area contributed by atoms with Gasteiger partial charge in [0.15, 0.2) is 11.5 Å².